The molecule has 2 aromatic heterocycles. The quantitative estimate of drug-likeness (QED) is 0.179. The average molecular weight is 598 g/mol. The molecule has 44 heavy (non-hydrogen) atoms. The van der Waals surface area contributed by atoms with Crippen molar-refractivity contribution < 1.29 is 23.6 Å². The molecular formula is C30H31N9O5. The number of morpholine rings is 1. The van der Waals surface area contributed by atoms with E-state index >= 15 is 0 Å². The van der Waals surface area contributed by atoms with Gasteiger partial charge in [0, 0.05) is 25.2 Å². The maximum atomic E-state index is 13.5. The number of ether oxygens (including phenoxy) is 3. The molecule has 1 fully saturated rings. The summed E-state index contributed by atoms with van der Waals surface area (Å²) in [6.45, 7) is 5.10. The fourth-order valence-corrected chi connectivity index (χ4v) is 4.94. The van der Waals surface area contributed by atoms with Crippen molar-refractivity contribution in [3.8, 4) is 17.3 Å². The van der Waals surface area contributed by atoms with Gasteiger partial charge in [-0.15, -0.1) is 5.10 Å². The molecule has 0 aliphatic carbocycles. The molecule has 14 heteroatoms. The first-order valence-corrected chi connectivity index (χ1v) is 14.0. The van der Waals surface area contributed by atoms with Gasteiger partial charge in [-0.25, -0.2) is 10.1 Å². The molecule has 0 unspecified atom stereocenters. The number of hydrazone groups is 1. The van der Waals surface area contributed by atoms with Crippen LogP contribution in [0.5, 0.6) is 11.5 Å². The van der Waals surface area contributed by atoms with E-state index in [0.29, 0.717) is 62.4 Å². The number of nitrogens with zero attached hydrogens (tertiary/aromatic N) is 7. The largest absolute Gasteiger partial charge is 0.493 e. The molecule has 1 aliphatic rings. The fourth-order valence-electron chi connectivity index (χ4n) is 4.94. The minimum Gasteiger partial charge on any atom is -0.493 e. The Bertz CT molecular complexity index is 1800. The summed E-state index contributed by atoms with van der Waals surface area (Å²) in [6, 6.07) is 19.8. The van der Waals surface area contributed by atoms with Gasteiger partial charge in [0.15, 0.2) is 17.2 Å². The second-order valence-corrected chi connectivity index (χ2v) is 10.1. The number of carbonyl (C=O) groups excluding carboxylic acids is 1. The lowest BCUT2D eigenvalue weighted by Crippen LogP contribution is -2.36. The van der Waals surface area contributed by atoms with Crippen LogP contribution in [-0.4, -0.2) is 75.2 Å². The maximum Gasteiger partial charge on any atom is 0.292 e. The Kier molecular flexibility index (Phi) is 8.43. The van der Waals surface area contributed by atoms with Gasteiger partial charge >= 0.3 is 0 Å². The van der Waals surface area contributed by atoms with Gasteiger partial charge in [0.1, 0.15) is 12.3 Å². The molecule has 3 heterocycles. The first kappa shape index (κ1) is 28.8. The van der Waals surface area contributed by atoms with E-state index in [2.05, 4.69) is 54.3 Å². The van der Waals surface area contributed by atoms with Crippen LogP contribution in [0.3, 0.4) is 0 Å². The van der Waals surface area contributed by atoms with Crippen molar-refractivity contribution in [3.63, 3.8) is 0 Å². The molecule has 0 saturated carbocycles. The number of rotatable bonds is 10. The molecule has 14 nitrogen and oxygen atoms in total. The van der Waals surface area contributed by atoms with Crippen molar-refractivity contribution in [1.82, 2.24) is 35.6 Å². The molecule has 0 radical (unpaired) electrons. The van der Waals surface area contributed by atoms with E-state index in [9.17, 15) is 4.79 Å². The molecular weight excluding hydrogens is 566 g/mol. The molecule has 0 bridgehead atoms. The lowest BCUT2D eigenvalue weighted by atomic mass is 10.1. The molecule has 6 rings (SSSR count). The summed E-state index contributed by atoms with van der Waals surface area (Å²) in [6.07, 6.45) is 0. The van der Waals surface area contributed by atoms with Gasteiger partial charge in [-0.3, -0.25) is 9.69 Å². The SMILES string of the molecule is COc1cc(C(C)=NNC(=O)c2c(CN3CCOCC3)nnn2-c2nonc2N)ccc1OCc1cccc2ccccc12. The number of carbonyl (C=O) groups is 1. The van der Waals surface area contributed by atoms with Crippen LogP contribution >= 0.6 is 0 Å². The standard InChI is InChI=1S/C30H31N9O5/c1-19(21-10-11-25(26(16-21)41-2)43-18-22-8-5-7-20-6-3-4-9-23(20)22)32-34-30(40)27-24(17-38-12-14-42-15-13-38)33-37-39(27)29-28(31)35-44-36-29/h3-11,16H,12-15,17-18H2,1-2H3,(H2,31,35)(H,34,40). The minimum absolute atomic E-state index is 0.0311. The van der Waals surface area contributed by atoms with Crippen LogP contribution in [0, 0.1) is 0 Å². The van der Waals surface area contributed by atoms with Crippen molar-refractivity contribution in [1.29, 1.82) is 0 Å². The van der Waals surface area contributed by atoms with E-state index < -0.39 is 5.91 Å². The summed E-state index contributed by atoms with van der Waals surface area (Å²) >= 11 is 0. The second kappa shape index (κ2) is 12.9. The topological polar surface area (TPSA) is 168 Å². The Morgan fingerprint density at radius 3 is 2.68 bits per heavy atom. The molecule has 5 aromatic rings. The summed E-state index contributed by atoms with van der Waals surface area (Å²) in [4.78, 5) is 15.6. The molecule has 226 valence electrons. The van der Waals surface area contributed by atoms with Crippen LogP contribution in [-0.2, 0) is 17.9 Å². The second-order valence-electron chi connectivity index (χ2n) is 10.1. The van der Waals surface area contributed by atoms with Gasteiger partial charge in [0.2, 0.25) is 11.6 Å². The van der Waals surface area contributed by atoms with E-state index in [1.807, 2.05) is 36.4 Å². The first-order chi connectivity index (χ1) is 21.5. The summed E-state index contributed by atoms with van der Waals surface area (Å²) in [5, 5.41) is 22.3. The Labute approximate surface area is 252 Å². The number of methoxy groups -OCH3 is 1. The number of anilines is 1. The van der Waals surface area contributed by atoms with Gasteiger partial charge in [-0.2, -0.15) is 9.78 Å². The Morgan fingerprint density at radius 2 is 1.89 bits per heavy atom. The van der Waals surface area contributed by atoms with Crippen LogP contribution in [0.4, 0.5) is 5.82 Å². The molecule has 0 atom stereocenters. The first-order valence-electron chi connectivity index (χ1n) is 14.0. The van der Waals surface area contributed by atoms with Crippen LogP contribution < -0.4 is 20.6 Å². The van der Waals surface area contributed by atoms with Gasteiger partial charge in [0.25, 0.3) is 5.91 Å². The zero-order valence-corrected chi connectivity index (χ0v) is 24.3. The number of benzene rings is 3. The minimum atomic E-state index is -0.554. The van der Waals surface area contributed by atoms with Crippen molar-refractivity contribution in [2.45, 2.75) is 20.1 Å². The molecule has 3 aromatic carbocycles. The molecule has 3 N–H and O–H groups in total. The van der Waals surface area contributed by atoms with Crippen molar-refractivity contribution in [2.75, 3.05) is 39.1 Å². The number of hydrogen-bond donors (Lipinski definition) is 2. The predicted molar refractivity (Wildman–Crippen MR) is 161 cm³/mol. The number of nitrogens with one attached hydrogen (secondary N) is 1. The van der Waals surface area contributed by atoms with Gasteiger partial charge in [-0.05, 0) is 51.8 Å². The summed E-state index contributed by atoms with van der Waals surface area (Å²) in [5.41, 5.74) is 11.4. The molecule has 1 saturated heterocycles. The van der Waals surface area contributed by atoms with E-state index in [4.69, 9.17) is 24.6 Å². The van der Waals surface area contributed by atoms with Crippen molar-refractivity contribution in [3.05, 3.63) is 83.2 Å². The Hall–Kier alpha value is -5.34. The Balaban J connectivity index is 1.19. The third-order valence-electron chi connectivity index (χ3n) is 7.30. The lowest BCUT2D eigenvalue weighted by Gasteiger charge is -2.25. The average Bonchev–Trinajstić information content (AvgIpc) is 3.68. The van der Waals surface area contributed by atoms with Crippen LogP contribution in [0.1, 0.15) is 34.2 Å². The lowest BCUT2D eigenvalue weighted by molar-refractivity contribution is 0.0335. The predicted octanol–water partition coefficient (Wildman–Crippen LogP) is 2.96. The van der Waals surface area contributed by atoms with Gasteiger partial charge in [0.05, 0.1) is 26.0 Å². The number of aromatic nitrogens is 5. The highest BCUT2D eigenvalue weighted by atomic mass is 16.6. The highest BCUT2D eigenvalue weighted by Gasteiger charge is 2.27. The van der Waals surface area contributed by atoms with Crippen molar-refractivity contribution in [2.24, 2.45) is 5.10 Å². The number of amides is 1. The van der Waals surface area contributed by atoms with E-state index in [1.165, 1.54) is 4.68 Å². The van der Waals surface area contributed by atoms with Crippen LogP contribution in [0.2, 0.25) is 0 Å². The fraction of sp³-hybridized carbons (Fsp3) is 0.267. The highest BCUT2D eigenvalue weighted by molar-refractivity contribution is 6.01. The number of hydrogen-bond acceptors (Lipinski definition) is 12. The molecule has 0 spiro atoms. The third-order valence-corrected chi connectivity index (χ3v) is 7.30. The van der Waals surface area contributed by atoms with E-state index in [-0.39, 0.29) is 17.3 Å². The summed E-state index contributed by atoms with van der Waals surface area (Å²) in [7, 11) is 1.58. The van der Waals surface area contributed by atoms with E-state index in [0.717, 1.165) is 21.9 Å². The normalized spacial score (nSPS) is 14.1. The number of fused-ring (bicyclic) bond motifs is 1. The smallest absolute Gasteiger partial charge is 0.292 e. The summed E-state index contributed by atoms with van der Waals surface area (Å²) in [5.74, 6) is 0.592. The molecule has 1 aliphatic heterocycles. The highest BCUT2D eigenvalue weighted by Crippen LogP contribution is 2.30. The van der Waals surface area contributed by atoms with Gasteiger partial charge in [-0.1, -0.05) is 47.7 Å². The van der Waals surface area contributed by atoms with E-state index in [1.54, 1.807) is 20.1 Å². The monoisotopic (exact) mass is 597 g/mol. The zero-order chi connectivity index (χ0) is 30.5. The zero-order valence-electron chi connectivity index (χ0n) is 24.3. The number of nitrogens with two attached hydrogens (primary N) is 1. The van der Waals surface area contributed by atoms with Crippen LogP contribution in [0.25, 0.3) is 16.6 Å². The third kappa shape index (κ3) is 6.07. The van der Waals surface area contributed by atoms with Crippen LogP contribution in [0.15, 0.2) is 70.4 Å². The van der Waals surface area contributed by atoms with Crippen molar-refractivity contribution >= 4 is 28.2 Å². The molecule has 1 amide bonds. The maximum absolute atomic E-state index is 13.5. The summed E-state index contributed by atoms with van der Waals surface area (Å²) < 4.78 is 23.1. The Morgan fingerprint density at radius 1 is 1.07 bits per heavy atom. The van der Waals surface area contributed by atoms with Gasteiger partial charge < -0.3 is 19.9 Å². The number of nitrogen functional groups attached to an aromatic ring is 1.